The van der Waals surface area contributed by atoms with Crippen molar-refractivity contribution < 1.29 is 0 Å². The van der Waals surface area contributed by atoms with Gasteiger partial charge in [-0.1, -0.05) is 0 Å². The van der Waals surface area contributed by atoms with E-state index in [-0.39, 0.29) is 0 Å². The number of anilines is 1. The van der Waals surface area contributed by atoms with Gasteiger partial charge in [-0.15, -0.1) is 0 Å². The summed E-state index contributed by atoms with van der Waals surface area (Å²) in [4.78, 5) is 15.4. The standard InChI is InChI=1S/C20H25N7S/c1-25-10-6-17(19-18(25)3-2-7-22-19)23-24-20(28)27-13-11-26(12-14-27)15-16-4-8-21-9-5-16/h2-5,7-9H,6,10-15H2,1H3,(H,24,28)/b23-17-. The molecule has 0 aliphatic carbocycles. The summed E-state index contributed by atoms with van der Waals surface area (Å²) in [7, 11) is 2.08. The first-order valence-electron chi connectivity index (χ1n) is 9.60. The van der Waals surface area contributed by atoms with E-state index in [0.29, 0.717) is 5.11 Å². The Morgan fingerprint density at radius 2 is 1.89 bits per heavy atom. The first-order valence-corrected chi connectivity index (χ1v) is 10.0. The molecule has 7 nitrogen and oxygen atoms in total. The molecule has 0 spiro atoms. The van der Waals surface area contributed by atoms with Crippen LogP contribution in [0.1, 0.15) is 17.7 Å². The number of piperazine rings is 1. The highest BCUT2D eigenvalue weighted by Gasteiger charge is 2.22. The van der Waals surface area contributed by atoms with E-state index < -0.39 is 0 Å². The highest BCUT2D eigenvalue weighted by Crippen LogP contribution is 2.23. The van der Waals surface area contributed by atoms with Gasteiger partial charge in [0.15, 0.2) is 5.11 Å². The second-order valence-corrected chi connectivity index (χ2v) is 7.52. The van der Waals surface area contributed by atoms with Crippen molar-refractivity contribution in [1.29, 1.82) is 0 Å². The third-order valence-corrected chi connectivity index (χ3v) is 5.61. The fourth-order valence-electron chi connectivity index (χ4n) is 3.59. The number of hydrazone groups is 1. The SMILES string of the molecule is CN1CC/C(=N/NC(=S)N2CCN(Cc3ccncc3)CC2)c2ncccc21. The van der Waals surface area contributed by atoms with Gasteiger partial charge in [0.25, 0.3) is 0 Å². The number of fused-ring (bicyclic) bond motifs is 1. The number of hydrogen-bond donors (Lipinski definition) is 1. The molecular weight excluding hydrogens is 370 g/mol. The van der Waals surface area contributed by atoms with E-state index in [2.05, 4.69) is 60.4 Å². The molecule has 0 saturated carbocycles. The first-order chi connectivity index (χ1) is 13.7. The lowest BCUT2D eigenvalue weighted by Gasteiger charge is -2.35. The molecule has 1 saturated heterocycles. The molecule has 2 aliphatic heterocycles. The molecule has 2 aliphatic rings. The summed E-state index contributed by atoms with van der Waals surface area (Å²) in [6.45, 7) is 5.65. The fourth-order valence-corrected chi connectivity index (χ4v) is 3.82. The molecule has 4 heterocycles. The predicted molar refractivity (Wildman–Crippen MR) is 115 cm³/mol. The number of pyridine rings is 2. The molecule has 0 aromatic carbocycles. The van der Waals surface area contributed by atoms with Crippen molar-refractivity contribution in [1.82, 2.24) is 25.2 Å². The van der Waals surface area contributed by atoms with E-state index in [1.165, 1.54) is 5.56 Å². The zero-order chi connectivity index (χ0) is 19.3. The van der Waals surface area contributed by atoms with E-state index >= 15 is 0 Å². The van der Waals surface area contributed by atoms with Gasteiger partial charge in [-0.2, -0.15) is 5.10 Å². The van der Waals surface area contributed by atoms with Gasteiger partial charge in [0.2, 0.25) is 0 Å². The van der Waals surface area contributed by atoms with Crippen LogP contribution < -0.4 is 10.3 Å². The Kier molecular flexibility index (Phi) is 5.78. The van der Waals surface area contributed by atoms with E-state index in [1.807, 2.05) is 24.7 Å². The highest BCUT2D eigenvalue weighted by atomic mass is 32.1. The van der Waals surface area contributed by atoms with Gasteiger partial charge in [0.05, 0.1) is 11.4 Å². The quantitative estimate of drug-likeness (QED) is 0.627. The summed E-state index contributed by atoms with van der Waals surface area (Å²) >= 11 is 5.58. The number of hydrogen-bond acceptors (Lipinski definition) is 6. The predicted octanol–water partition coefficient (Wildman–Crippen LogP) is 1.71. The maximum absolute atomic E-state index is 5.58. The van der Waals surface area contributed by atoms with Crippen LogP contribution in [0.5, 0.6) is 0 Å². The maximum atomic E-state index is 5.58. The summed E-state index contributed by atoms with van der Waals surface area (Å²) in [5.41, 5.74) is 7.42. The summed E-state index contributed by atoms with van der Waals surface area (Å²) in [5.74, 6) is 0. The molecule has 0 amide bonds. The molecule has 0 bridgehead atoms. The van der Waals surface area contributed by atoms with Crippen molar-refractivity contribution in [2.75, 3.05) is 44.7 Å². The molecule has 0 unspecified atom stereocenters. The molecule has 4 rings (SSSR count). The van der Waals surface area contributed by atoms with Gasteiger partial charge in [0.1, 0.15) is 5.69 Å². The molecule has 1 fully saturated rings. The Morgan fingerprint density at radius 3 is 2.68 bits per heavy atom. The highest BCUT2D eigenvalue weighted by molar-refractivity contribution is 7.80. The van der Waals surface area contributed by atoms with Crippen LogP contribution in [-0.4, -0.2) is 70.4 Å². The Labute approximate surface area is 171 Å². The van der Waals surface area contributed by atoms with Crippen molar-refractivity contribution in [3.05, 3.63) is 54.1 Å². The second kappa shape index (κ2) is 8.62. The van der Waals surface area contributed by atoms with Crippen LogP contribution in [0.3, 0.4) is 0 Å². The number of thiocarbonyl (C=S) groups is 1. The molecular formula is C20H25N7S. The van der Waals surface area contributed by atoms with Crippen molar-refractivity contribution in [2.24, 2.45) is 5.10 Å². The molecule has 0 radical (unpaired) electrons. The van der Waals surface area contributed by atoms with Crippen molar-refractivity contribution in [2.45, 2.75) is 13.0 Å². The zero-order valence-corrected chi connectivity index (χ0v) is 16.9. The summed E-state index contributed by atoms with van der Waals surface area (Å²) in [5, 5.41) is 5.28. The minimum Gasteiger partial charge on any atom is -0.372 e. The van der Waals surface area contributed by atoms with Crippen LogP contribution in [0, 0.1) is 0 Å². The third-order valence-electron chi connectivity index (χ3n) is 5.26. The van der Waals surface area contributed by atoms with E-state index in [1.54, 1.807) is 0 Å². The van der Waals surface area contributed by atoms with Crippen LogP contribution >= 0.6 is 12.2 Å². The fraction of sp³-hybridized carbons (Fsp3) is 0.400. The molecule has 1 N–H and O–H groups in total. The number of rotatable bonds is 3. The van der Waals surface area contributed by atoms with Gasteiger partial charge in [0, 0.05) is 71.3 Å². The van der Waals surface area contributed by atoms with Gasteiger partial charge < -0.3 is 9.80 Å². The summed E-state index contributed by atoms with van der Waals surface area (Å²) in [6.07, 6.45) is 6.36. The second-order valence-electron chi connectivity index (χ2n) is 7.14. The monoisotopic (exact) mass is 395 g/mol. The van der Waals surface area contributed by atoms with Gasteiger partial charge in [-0.3, -0.25) is 20.3 Å². The average molecular weight is 396 g/mol. The normalized spacial score (nSPS) is 18.8. The Hall–Kier alpha value is -2.58. The minimum absolute atomic E-state index is 0.687. The molecule has 0 atom stereocenters. The van der Waals surface area contributed by atoms with E-state index in [4.69, 9.17) is 12.2 Å². The summed E-state index contributed by atoms with van der Waals surface area (Å²) < 4.78 is 0. The minimum atomic E-state index is 0.687. The topological polar surface area (TPSA) is 59.9 Å². The Bertz CT molecular complexity index is 847. The van der Waals surface area contributed by atoms with Crippen molar-refractivity contribution >= 4 is 28.7 Å². The van der Waals surface area contributed by atoms with Crippen molar-refractivity contribution in [3.8, 4) is 0 Å². The molecule has 2 aromatic heterocycles. The largest absolute Gasteiger partial charge is 0.372 e. The maximum Gasteiger partial charge on any atom is 0.189 e. The van der Waals surface area contributed by atoms with Gasteiger partial charge >= 0.3 is 0 Å². The van der Waals surface area contributed by atoms with Crippen molar-refractivity contribution in [3.63, 3.8) is 0 Å². The van der Waals surface area contributed by atoms with Crippen LogP contribution in [0.25, 0.3) is 0 Å². The van der Waals surface area contributed by atoms with E-state index in [9.17, 15) is 0 Å². The lowest BCUT2D eigenvalue weighted by Crippen LogP contribution is -2.50. The lowest BCUT2D eigenvalue weighted by molar-refractivity contribution is 0.174. The number of aromatic nitrogens is 2. The lowest BCUT2D eigenvalue weighted by atomic mass is 10.1. The molecule has 146 valence electrons. The smallest absolute Gasteiger partial charge is 0.189 e. The van der Waals surface area contributed by atoms with Crippen LogP contribution in [0.15, 0.2) is 48.0 Å². The molecule has 28 heavy (non-hydrogen) atoms. The molecule has 8 heteroatoms. The Morgan fingerprint density at radius 1 is 1.11 bits per heavy atom. The number of nitrogens with zero attached hydrogens (tertiary/aromatic N) is 6. The van der Waals surface area contributed by atoms with Crippen LogP contribution in [0.2, 0.25) is 0 Å². The zero-order valence-electron chi connectivity index (χ0n) is 16.1. The van der Waals surface area contributed by atoms with Crippen LogP contribution in [-0.2, 0) is 6.54 Å². The van der Waals surface area contributed by atoms with Gasteiger partial charge in [-0.25, -0.2) is 0 Å². The average Bonchev–Trinajstić information content (AvgIpc) is 2.74. The third kappa shape index (κ3) is 4.28. The summed E-state index contributed by atoms with van der Waals surface area (Å²) in [6, 6.07) is 8.18. The Balaban J connectivity index is 1.32. The number of nitrogens with one attached hydrogen (secondary N) is 1. The van der Waals surface area contributed by atoms with E-state index in [0.717, 1.165) is 62.8 Å². The van der Waals surface area contributed by atoms with Gasteiger partial charge in [-0.05, 0) is 42.0 Å². The van der Waals surface area contributed by atoms with Crippen LogP contribution in [0.4, 0.5) is 5.69 Å². The molecule has 2 aromatic rings. The first kappa shape index (κ1) is 18.8.